The molecular weight excluding hydrogens is 851 g/mol. The first-order valence-corrected chi connectivity index (χ1v) is 24.8. The van der Waals surface area contributed by atoms with Crippen LogP contribution in [0.4, 0.5) is 0 Å². The minimum Gasteiger partial charge on any atom is -0.507 e. The number of benzene rings is 8. The number of nitrogens with zero attached hydrogens (tertiary/aromatic N) is 3. The molecule has 350 valence electrons. The normalized spacial score (nSPS) is 12.4. The van der Waals surface area contributed by atoms with Crippen LogP contribution in [0.3, 0.4) is 0 Å². The Morgan fingerprint density at radius 2 is 1.06 bits per heavy atom. The van der Waals surface area contributed by atoms with Gasteiger partial charge in [-0.15, -0.1) is 0 Å². The molecule has 10 rings (SSSR count). The molecule has 0 atom stereocenters. The van der Waals surface area contributed by atoms with Crippen molar-refractivity contribution >= 4 is 32.7 Å². The molecule has 8 aromatic carbocycles. The molecule has 4 heteroatoms. The molecule has 0 aliphatic heterocycles. The van der Waals surface area contributed by atoms with E-state index in [9.17, 15) is 5.11 Å². The van der Waals surface area contributed by atoms with E-state index in [1.54, 1.807) is 0 Å². The summed E-state index contributed by atoms with van der Waals surface area (Å²) >= 11 is 0. The average Bonchev–Trinajstić information content (AvgIpc) is 3.70. The predicted molar refractivity (Wildman–Crippen MR) is 298 cm³/mol. The first-order chi connectivity index (χ1) is 33.2. The number of fused-ring (bicyclic) bond motifs is 5. The van der Waals surface area contributed by atoms with Crippen LogP contribution in [0.5, 0.6) is 5.75 Å². The van der Waals surface area contributed by atoms with Crippen molar-refractivity contribution < 1.29 is 5.11 Å². The number of phenolic OH excluding ortho intramolecular Hbond substituents is 1. The fraction of sp³-hybridized carbons (Fsp3) is 0.242. The Labute approximate surface area is 414 Å². The van der Waals surface area contributed by atoms with Gasteiger partial charge in [0.15, 0.2) is 0 Å². The summed E-state index contributed by atoms with van der Waals surface area (Å²) in [5.41, 5.74) is 20.8. The molecule has 2 aromatic heterocycles. The lowest BCUT2D eigenvalue weighted by molar-refractivity contribution is 0.446. The maximum Gasteiger partial charge on any atom is 0.149 e. The van der Waals surface area contributed by atoms with E-state index >= 15 is 0 Å². The van der Waals surface area contributed by atoms with E-state index in [4.69, 9.17) is 9.97 Å². The Balaban J connectivity index is 1.37. The van der Waals surface area contributed by atoms with Gasteiger partial charge in [-0.3, -0.25) is 4.57 Å². The predicted octanol–water partition coefficient (Wildman–Crippen LogP) is 17.9. The molecule has 0 aliphatic rings. The van der Waals surface area contributed by atoms with Crippen LogP contribution in [0.2, 0.25) is 0 Å². The van der Waals surface area contributed by atoms with Crippen LogP contribution in [-0.4, -0.2) is 19.6 Å². The fourth-order valence-electron chi connectivity index (χ4n) is 10.8. The van der Waals surface area contributed by atoms with E-state index < -0.39 is 0 Å². The standard InChI is InChI=1S/C66H65N3O/c1-39-33-40(2)57(41(3)34-39)46-26-20-25-45(35-46)54-30-28-49-42(4)58(44-23-18-15-19-24-44)50-29-32-56-61(59(50)60(49)67-54)68-63(52-37-48(65(8,9)10)38-53(62(52)70)66(11,12)13)69(56)55-31-27-47(64(5,6)7)36-51(55)43-21-16-14-17-22-43/h14-38,70H,1-13H3. The number of rotatable bonds is 6. The Hall–Kier alpha value is -7.30. The molecule has 0 spiro atoms. The number of imidazole rings is 1. The van der Waals surface area contributed by atoms with Gasteiger partial charge in [0.1, 0.15) is 11.6 Å². The van der Waals surface area contributed by atoms with Gasteiger partial charge in [-0.05, 0) is 141 Å². The molecule has 2 heterocycles. The Kier molecular flexibility index (Phi) is 11.3. The first kappa shape index (κ1) is 46.4. The second kappa shape index (κ2) is 17.0. The van der Waals surface area contributed by atoms with E-state index in [1.165, 1.54) is 38.9 Å². The lowest BCUT2D eigenvalue weighted by atomic mass is 9.79. The smallest absolute Gasteiger partial charge is 0.149 e. The third kappa shape index (κ3) is 8.07. The van der Waals surface area contributed by atoms with Crippen LogP contribution in [-0.2, 0) is 16.2 Å². The summed E-state index contributed by atoms with van der Waals surface area (Å²) in [6.07, 6.45) is 0. The number of phenols is 1. The Morgan fingerprint density at radius 3 is 1.70 bits per heavy atom. The van der Waals surface area contributed by atoms with Gasteiger partial charge in [0.2, 0.25) is 0 Å². The van der Waals surface area contributed by atoms with E-state index in [1.807, 2.05) is 0 Å². The molecule has 0 radical (unpaired) electrons. The number of hydrogen-bond acceptors (Lipinski definition) is 3. The number of aromatic nitrogens is 3. The van der Waals surface area contributed by atoms with E-state index in [2.05, 4.69) is 246 Å². The molecular formula is C66H65N3O. The van der Waals surface area contributed by atoms with Gasteiger partial charge < -0.3 is 5.11 Å². The van der Waals surface area contributed by atoms with E-state index in [-0.39, 0.29) is 22.0 Å². The lowest BCUT2D eigenvalue weighted by Crippen LogP contribution is -2.17. The van der Waals surface area contributed by atoms with Gasteiger partial charge in [-0.1, -0.05) is 183 Å². The molecule has 1 N–H and O–H groups in total. The summed E-state index contributed by atoms with van der Waals surface area (Å²) < 4.78 is 2.31. The summed E-state index contributed by atoms with van der Waals surface area (Å²) in [5.74, 6) is 0.930. The summed E-state index contributed by atoms with van der Waals surface area (Å²) in [6.45, 7) is 28.9. The molecule has 0 saturated heterocycles. The second-order valence-electron chi connectivity index (χ2n) is 22.7. The molecule has 10 aromatic rings. The minimum absolute atomic E-state index is 0.0929. The van der Waals surface area contributed by atoms with Gasteiger partial charge in [0.05, 0.1) is 33.5 Å². The first-order valence-electron chi connectivity index (χ1n) is 24.8. The van der Waals surface area contributed by atoms with Crippen LogP contribution in [0.15, 0.2) is 152 Å². The third-order valence-electron chi connectivity index (χ3n) is 14.4. The fourth-order valence-corrected chi connectivity index (χ4v) is 10.8. The van der Waals surface area contributed by atoms with Crippen molar-refractivity contribution in [1.82, 2.24) is 14.5 Å². The topological polar surface area (TPSA) is 50.9 Å². The zero-order valence-electron chi connectivity index (χ0n) is 43.2. The van der Waals surface area contributed by atoms with Crippen molar-refractivity contribution in [3.63, 3.8) is 0 Å². The van der Waals surface area contributed by atoms with Crippen LogP contribution in [0.1, 0.15) is 101 Å². The van der Waals surface area contributed by atoms with Crippen LogP contribution >= 0.6 is 0 Å². The van der Waals surface area contributed by atoms with Gasteiger partial charge in [0, 0.05) is 27.5 Å². The Bertz CT molecular complexity index is 3660. The largest absolute Gasteiger partial charge is 0.507 e. The van der Waals surface area contributed by atoms with E-state index in [0.29, 0.717) is 11.4 Å². The van der Waals surface area contributed by atoms with Crippen molar-refractivity contribution in [1.29, 1.82) is 0 Å². The molecule has 4 nitrogen and oxygen atoms in total. The SMILES string of the molecule is Cc1cc(C)c(-c2cccc(-c3ccc4c(C)c(-c5ccccc5)c5ccc6c(nc(-c7cc(C(C)(C)C)cc(C(C)(C)C)c7O)n6-c6ccc(C(C)(C)C)cc6-c6ccccc6)c5c4n3)c2)c(C)c1. The maximum atomic E-state index is 12.8. The highest BCUT2D eigenvalue weighted by atomic mass is 16.3. The summed E-state index contributed by atoms with van der Waals surface area (Å²) in [4.78, 5) is 11.6. The summed E-state index contributed by atoms with van der Waals surface area (Å²) in [6, 6.07) is 55.0. The molecule has 0 unspecified atom stereocenters. The van der Waals surface area contributed by atoms with E-state index in [0.717, 1.165) is 83.0 Å². The zero-order valence-corrected chi connectivity index (χ0v) is 43.2. The monoisotopic (exact) mass is 916 g/mol. The van der Waals surface area contributed by atoms with Crippen molar-refractivity contribution in [2.24, 2.45) is 0 Å². The van der Waals surface area contributed by atoms with Gasteiger partial charge >= 0.3 is 0 Å². The van der Waals surface area contributed by atoms with Crippen molar-refractivity contribution in [3.05, 3.63) is 191 Å². The van der Waals surface area contributed by atoms with Crippen LogP contribution in [0.25, 0.3) is 94.4 Å². The summed E-state index contributed by atoms with van der Waals surface area (Å²) in [5, 5.41) is 15.9. The molecule has 0 fully saturated rings. The van der Waals surface area contributed by atoms with Gasteiger partial charge in [-0.2, -0.15) is 0 Å². The quantitative estimate of drug-likeness (QED) is 0.169. The van der Waals surface area contributed by atoms with Gasteiger partial charge in [0.25, 0.3) is 0 Å². The third-order valence-corrected chi connectivity index (χ3v) is 14.4. The second-order valence-corrected chi connectivity index (χ2v) is 22.7. The summed E-state index contributed by atoms with van der Waals surface area (Å²) in [7, 11) is 0. The molecule has 0 amide bonds. The minimum atomic E-state index is -0.347. The highest BCUT2D eigenvalue weighted by Gasteiger charge is 2.30. The number of hydrogen-bond donors (Lipinski definition) is 1. The maximum absolute atomic E-state index is 12.8. The van der Waals surface area contributed by atoms with Crippen LogP contribution in [0, 0.1) is 27.7 Å². The number of pyridine rings is 1. The average molecular weight is 916 g/mol. The zero-order chi connectivity index (χ0) is 49.6. The lowest BCUT2D eigenvalue weighted by Gasteiger charge is -2.28. The number of aromatic hydroxyl groups is 1. The highest BCUT2D eigenvalue weighted by Crippen LogP contribution is 2.48. The van der Waals surface area contributed by atoms with Crippen LogP contribution < -0.4 is 0 Å². The molecule has 0 saturated carbocycles. The molecule has 70 heavy (non-hydrogen) atoms. The van der Waals surface area contributed by atoms with Crippen molar-refractivity contribution in [2.75, 3.05) is 0 Å². The molecule has 0 bridgehead atoms. The Morgan fingerprint density at radius 1 is 0.457 bits per heavy atom. The van der Waals surface area contributed by atoms with Gasteiger partial charge in [-0.25, -0.2) is 9.97 Å². The number of aryl methyl sites for hydroxylation is 4. The molecule has 0 aliphatic carbocycles. The highest BCUT2D eigenvalue weighted by molar-refractivity contribution is 6.23. The van der Waals surface area contributed by atoms with Crippen molar-refractivity contribution in [2.45, 2.75) is 106 Å². The van der Waals surface area contributed by atoms with Crippen molar-refractivity contribution in [3.8, 4) is 67.5 Å².